The molecule has 0 aliphatic carbocycles. The van der Waals surface area contributed by atoms with Gasteiger partial charge < -0.3 is 10.5 Å². The van der Waals surface area contributed by atoms with Gasteiger partial charge in [0.15, 0.2) is 0 Å². The first-order valence-corrected chi connectivity index (χ1v) is 4.70. The van der Waals surface area contributed by atoms with Crippen molar-refractivity contribution in [1.29, 1.82) is 0 Å². The summed E-state index contributed by atoms with van der Waals surface area (Å²) >= 11 is 5.71. The molecular formula is C8H16ClNO. The number of ether oxygens (including phenoxy) is 1. The van der Waals surface area contributed by atoms with Gasteiger partial charge in [-0.1, -0.05) is 0 Å². The molecule has 0 saturated carbocycles. The lowest BCUT2D eigenvalue weighted by molar-refractivity contribution is 0.0175. The molecule has 1 rings (SSSR count). The molecule has 0 aromatic rings. The van der Waals surface area contributed by atoms with Gasteiger partial charge in [0.2, 0.25) is 0 Å². The first-order chi connectivity index (χ1) is 5.33. The summed E-state index contributed by atoms with van der Waals surface area (Å²) in [5.74, 6) is 0.719. The van der Waals surface area contributed by atoms with Crippen LogP contribution in [0.3, 0.4) is 0 Å². The predicted octanol–water partition coefficient (Wildman–Crippen LogP) is 1.37. The van der Waals surface area contributed by atoms with Crippen molar-refractivity contribution < 1.29 is 4.74 Å². The third-order valence-electron chi connectivity index (χ3n) is 2.61. The van der Waals surface area contributed by atoms with Gasteiger partial charge in [-0.05, 0) is 31.2 Å². The molecule has 0 atom stereocenters. The van der Waals surface area contributed by atoms with Crippen LogP contribution in [-0.4, -0.2) is 25.6 Å². The zero-order chi connectivity index (χ0) is 8.16. The molecule has 2 N–H and O–H groups in total. The van der Waals surface area contributed by atoms with Crippen LogP contribution < -0.4 is 5.73 Å². The molecule has 1 saturated heterocycles. The summed E-state index contributed by atoms with van der Waals surface area (Å²) in [5, 5.41) is 0. The fraction of sp³-hybridized carbons (Fsp3) is 1.00. The average molecular weight is 178 g/mol. The van der Waals surface area contributed by atoms with Crippen LogP contribution in [0.2, 0.25) is 0 Å². The highest BCUT2D eigenvalue weighted by molar-refractivity contribution is 6.17. The molecule has 0 unspecified atom stereocenters. The molecule has 1 aliphatic rings. The van der Waals surface area contributed by atoms with E-state index >= 15 is 0 Å². The Bertz CT molecular complexity index is 107. The van der Waals surface area contributed by atoms with Crippen LogP contribution in [0.15, 0.2) is 0 Å². The molecule has 0 aromatic carbocycles. The van der Waals surface area contributed by atoms with Gasteiger partial charge in [0.05, 0.1) is 0 Å². The first-order valence-electron chi connectivity index (χ1n) is 4.17. The maximum Gasteiger partial charge on any atom is 0.0471 e. The van der Waals surface area contributed by atoms with Crippen LogP contribution in [0.25, 0.3) is 0 Å². The Balaban J connectivity index is 2.42. The minimum atomic E-state index is 0.292. The zero-order valence-electron chi connectivity index (χ0n) is 6.81. The third-order valence-corrected chi connectivity index (χ3v) is 2.80. The summed E-state index contributed by atoms with van der Waals surface area (Å²) in [5.41, 5.74) is 6.00. The largest absolute Gasteiger partial charge is 0.381 e. The number of rotatable bonds is 3. The quantitative estimate of drug-likeness (QED) is 0.661. The third kappa shape index (κ3) is 2.32. The molecule has 1 heterocycles. The highest BCUT2D eigenvalue weighted by Crippen LogP contribution is 2.32. The van der Waals surface area contributed by atoms with E-state index in [1.54, 1.807) is 0 Å². The highest BCUT2D eigenvalue weighted by Gasteiger charge is 2.30. The van der Waals surface area contributed by atoms with Crippen molar-refractivity contribution in [2.24, 2.45) is 11.1 Å². The molecule has 1 fully saturated rings. The minimum Gasteiger partial charge on any atom is -0.381 e. The van der Waals surface area contributed by atoms with Gasteiger partial charge in [-0.2, -0.15) is 0 Å². The molecule has 3 heteroatoms. The average Bonchev–Trinajstić information content (AvgIpc) is 2.07. The van der Waals surface area contributed by atoms with E-state index in [9.17, 15) is 0 Å². The van der Waals surface area contributed by atoms with E-state index in [2.05, 4.69) is 0 Å². The van der Waals surface area contributed by atoms with E-state index in [0.29, 0.717) is 5.41 Å². The van der Waals surface area contributed by atoms with Crippen LogP contribution in [0.1, 0.15) is 19.3 Å². The Hall–Kier alpha value is 0.210. The van der Waals surface area contributed by atoms with E-state index in [1.807, 2.05) is 0 Å². The Labute approximate surface area is 73.0 Å². The van der Waals surface area contributed by atoms with E-state index in [0.717, 1.165) is 44.9 Å². The molecule has 2 nitrogen and oxygen atoms in total. The first kappa shape index (κ1) is 9.30. The van der Waals surface area contributed by atoms with E-state index in [1.165, 1.54) is 0 Å². The summed E-state index contributed by atoms with van der Waals surface area (Å²) in [6, 6.07) is 0. The van der Waals surface area contributed by atoms with Crippen LogP contribution in [-0.2, 0) is 4.74 Å². The number of halogens is 1. The molecular weight excluding hydrogens is 162 g/mol. The molecule has 66 valence electrons. The normalized spacial score (nSPS) is 23.5. The van der Waals surface area contributed by atoms with E-state index in [4.69, 9.17) is 22.1 Å². The molecule has 0 radical (unpaired) electrons. The lowest BCUT2D eigenvalue weighted by Crippen LogP contribution is -2.36. The van der Waals surface area contributed by atoms with Crippen molar-refractivity contribution in [3.05, 3.63) is 0 Å². The SMILES string of the molecule is NCC1(CCCl)CCOCC1. The smallest absolute Gasteiger partial charge is 0.0471 e. The number of nitrogens with two attached hydrogens (primary N) is 1. The Morgan fingerprint density at radius 3 is 2.45 bits per heavy atom. The highest BCUT2D eigenvalue weighted by atomic mass is 35.5. The molecule has 0 spiro atoms. The number of hydrogen-bond donors (Lipinski definition) is 1. The Kier molecular flexibility index (Phi) is 3.63. The minimum absolute atomic E-state index is 0.292. The lowest BCUT2D eigenvalue weighted by Gasteiger charge is -2.35. The monoisotopic (exact) mass is 177 g/mol. The van der Waals surface area contributed by atoms with Crippen LogP contribution in [0.4, 0.5) is 0 Å². The van der Waals surface area contributed by atoms with Crippen molar-refractivity contribution in [3.63, 3.8) is 0 Å². The van der Waals surface area contributed by atoms with Gasteiger partial charge in [0.25, 0.3) is 0 Å². The number of alkyl halides is 1. The summed E-state index contributed by atoms with van der Waals surface area (Å²) in [6.07, 6.45) is 3.20. The van der Waals surface area contributed by atoms with Crippen molar-refractivity contribution in [3.8, 4) is 0 Å². The van der Waals surface area contributed by atoms with Crippen molar-refractivity contribution in [2.75, 3.05) is 25.6 Å². The van der Waals surface area contributed by atoms with Crippen LogP contribution >= 0.6 is 11.6 Å². The van der Waals surface area contributed by atoms with Crippen molar-refractivity contribution in [2.45, 2.75) is 19.3 Å². The summed E-state index contributed by atoms with van der Waals surface area (Å²) in [6.45, 7) is 2.46. The van der Waals surface area contributed by atoms with E-state index < -0.39 is 0 Å². The number of hydrogen-bond acceptors (Lipinski definition) is 2. The molecule has 0 amide bonds. The summed E-state index contributed by atoms with van der Waals surface area (Å²) < 4.78 is 5.27. The van der Waals surface area contributed by atoms with Gasteiger partial charge in [-0.3, -0.25) is 0 Å². The Morgan fingerprint density at radius 2 is 2.00 bits per heavy atom. The maximum absolute atomic E-state index is 5.71. The second kappa shape index (κ2) is 4.29. The second-order valence-electron chi connectivity index (χ2n) is 3.26. The van der Waals surface area contributed by atoms with Crippen molar-refractivity contribution >= 4 is 11.6 Å². The summed E-state index contributed by atoms with van der Waals surface area (Å²) in [4.78, 5) is 0. The maximum atomic E-state index is 5.71. The molecule has 0 bridgehead atoms. The van der Waals surface area contributed by atoms with Crippen molar-refractivity contribution in [1.82, 2.24) is 0 Å². The van der Waals surface area contributed by atoms with Gasteiger partial charge in [0.1, 0.15) is 0 Å². The Morgan fingerprint density at radius 1 is 1.36 bits per heavy atom. The van der Waals surface area contributed by atoms with Crippen LogP contribution in [0, 0.1) is 5.41 Å². The topological polar surface area (TPSA) is 35.2 Å². The van der Waals surface area contributed by atoms with Crippen LogP contribution in [0.5, 0.6) is 0 Å². The predicted molar refractivity (Wildman–Crippen MR) is 46.9 cm³/mol. The molecule has 0 aromatic heterocycles. The van der Waals surface area contributed by atoms with Gasteiger partial charge in [-0.25, -0.2) is 0 Å². The fourth-order valence-corrected chi connectivity index (χ4v) is 1.96. The zero-order valence-corrected chi connectivity index (χ0v) is 7.57. The second-order valence-corrected chi connectivity index (χ2v) is 3.63. The molecule has 1 aliphatic heterocycles. The molecule has 11 heavy (non-hydrogen) atoms. The lowest BCUT2D eigenvalue weighted by atomic mass is 9.78. The van der Waals surface area contributed by atoms with Gasteiger partial charge in [-0.15, -0.1) is 11.6 Å². The van der Waals surface area contributed by atoms with E-state index in [-0.39, 0.29) is 0 Å². The van der Waals surface area contributed by atoms with Gasteiger partial charge in [0, 0.05) is 19.1 Å². The summed E-state index contributed by atoms with van der Waals surface area (Å²) in [7, 11) is 0. The van der Waals surface area contributed by atoms with Gasteiger partial charge >= 0.3 is 0 Å². The standard InChI is InChI=1S/C8H16ClNO/c9-4-1-8(7-10)2-5-11-6-3-8/h1-7,10H2. The fourth-order valence-electron chi connectivity index (χ4n) is 1.56.